The highest BCUT2D eigenvalue weighted by Gasteiger charge is 2.11. The Balaban J connectivity index is 1.50. The fraction of sp³-hybridized carbons (Fsp3) is 0.130. The Kier molecular flexibility index (Phi) is 6.84. The van der Waals surface area contributed by atoms with Crippen LogP contribution in [-0.4, -0.2) is 25.5 Å². The molecule has 3 rings (SSSR count). The number of methoxy groups -OCH3 is 1. The third kappa shape index (κ3) is 5.84. The Morgan fingerprint density at radius 3 is 2.28 bits per heavy atom. The third-order valence-electron chi connectivity index (χ3n) is 4.16. The Labute approximate surface area is 169 Å². The van der Waals surface area contributed by atoms with Gasteiger partial charge in [-0.3, -0.25) is 4.79 Å². The molecule has 29 heavy (non-hydrogen) atoms. The van der Waals surface area contributed by atoms with Crippen molar-refractivity contribution in [3.8, 4) is 5.75 Å². The van der Waals surface area contributed by atoms with Crippen molar-refractivity contribution in [1.29, 1.82) is 0 Å². The maximum Gasteiger partial charge on any atom is 0.339 e. The standard InChI is InChI=1S/C23H22N2O4/c1-28-23(27)20-9-5-6-10-21(20)24-15-22(26)25-18-11-13-19(14-12-18)29-16-17-7-3-2-4-8-17/h2-14,24H,15-16H2,1H3,(H,25,26). The van der Waals surface area contributed by atoms with Crippen molar-refractivity contribution in [1.82, 2.24) is 0 Å². The summed E-state index contributed by atoms with van der Waals surface area (Å²) in [5.41, 5.74) is 2.66. The smallest absolute Gasteiger partial charge is 0.339 e. The van der Waals surface area contributed by atoms with Crippen LogP contribution >= 0.6 is 0 Å². The zero-order valence-electron chi connectivity index (χ0n) is 16.1. The van der Waals surface area contributed by atoms with Crippen molar-refractivity contribution < 1.29 is 19.1 Å². The van der Waals surface area contributed by atoms with Gasteiger partial charge in [0.25, 0.3) is 0 Å². The number of carbonyl (C=O) groups excluding carboxylic acids is 2. The Bertz CT molecular complexity index is 956. The molecule has 0 unspecified atom stereocenters. The van der Waals surface area contributed by atoms with Crippen molar-refractivity contribution >= 4 is 23.3 Å². The minimum Gasteiger partial charge on any atom is -0.489 e. The van der Waals surface area contributed by atoms with Crippen LogP contribution < -0.4 is 15.4 Å². The highest BCUT2D eigenvalue weighted by Crippen LogP contribution is 2.18. The lowest BCUT2D eigenvalue weighted by molar-refractivity contribution is -0.114. The molecular formula is C23H22N2O4. The van der Waals surface area contributed by atoms with E-state index in [1.807, 2.05) is 30.3 Å². The number of rotatable bonds is 8. The molecule has 6 heteroatoms. The molecule has 0 bridgehead atoms. The predicted molar refractivity (Wildman–Crippen MR) is 112 cm³/mol. The minimum absolute atomic E-state index is 0.0142. The fourth-order valence-corrected chi connectivity index (χ4v) is 2.68. The molecule has 3 aromatic rings. The SMILES string of the molecule is COC(=O)c1ccccc1NCC(=O)Nc1ccc(OCc2ccccc2)cc1. The molecule has 0 saturated heterocycles. The van der Waals surface area contributed by atoms with E-state index in [-0.39, 0.29) is 12.5 Å². The first kappa shape index (κ1) is 19.9. The summed E-state index contributed by atoms with van der Waals surface area (Å²) >= 11 is 0. The van der Waals surface area contributed by atoms with Gasteiger partial charge in [0.15, 0.2) is 0 Å². The maximum absolute atomic E-state index is 12.2. The van der Waals surface area contributed by atoms with Crippen LogP contribution in [0.25, 0.3) is 0 Å². The number of carbonyl (C=O) groups is 2. The quantitative estimate of drug-likeness (QED) is 0.566. The van der Waals surface area contributed by atoms with Crippen molar-refractivity contribution in [2.45, 2.75) is 6.61 Å². The van der Waals surface area contributed by atoms with Crippen LogP contribution in [-0.2, 0) is 16.1 Å². The second-order valence-electron chi connectivity index (χ2n) is 6.24. The van der Waals surface area contributed by atoms with E-state index in [4.69, 9.17) is 9.47 Å². The van der Waals surface area contributed by atoms with Gasteiger partial charge >= 0.3 is 5.97 Å². The average molecular weight is 390 g/mol. The number of amides is 1. The van der Waals surface area contributed by atoms with Crippen LogP contribution in [0.1, 0.15) is 15.9 Å². The third-order valence-corrected chi connectivity index (χ3v) is 4.16. The van der Waals surface area contributed by atoms with E-state index < -0.39 is 5.97 Å². The molecule has 148 valence electrons. The molecule has 0 fully saturated rings. The molecule has 0 aliphatic heterocycles. The van der Waals surface area contributed by atoms with Gasteiger partial charge in [0.1, 0.15) is 12.4 Å². The molecule has 0 radical (unpaired) electrons. The highest BCUT2D eigenvalue weighted by molar-refractivity contribution is 5.98. The molecule has 0 aliphatic rings. The minimum atomic E-state index is -0.459. The Hall–Kier alpha value is -3.80. The van der Waals surface area contributed by atoms with Gasteiger partial charge < -0.3 is 20.1 Å². The first-order valence-electron chi connectivity index (χ1n) is 9.13. The summed E-state index contributed by atoms with van der Waals surface area (Å²) in [6.45, 7) is 0.496. The Morgan fingerprint density at radius 1 is 0.862 bits per heavy atom. The Morgan fingerprint density at radius 2 is 1.55 bits per heavy atom. The maximum atomic E-state index is 12.2. The molecule has 0 atom stereocenters. The number of anilines is 2. The zero-order valence-corrected chi connectivity index (χ0v) is 16.1. The molecule has 0 heterocycles. The van der Waals surface area contributed by atoms with Crippen molar-refractivity contribution in [2.75, 3.05) is 24.3 Å². The van der Waals surface area contributed by atoms with Gasteiger partial charge in [-0.15, -0.1) is 0 Å². The average Bonchev–Trinajstić information content (AvgIpc) is 2.77. The largest absolute Gasteiger partial charge is 0.489 e. The van der Waals surface area contributed by atoms with E-state index in [0.717, 1.165) is 11.3 Å². The van der Waals surface area contributed by atoms with Crippen LogP contribution in [0.3, 0.4) is 0 Å². The zero-order chi connectivity index (χ0) is 20.5. The highest BCUT2D eigenvalue weighted by atomic mass is 16.5. The number of hydrogen-bond acceptors (Lipinski definition) is 5. The van der Waals surface area contributed by atoms with Gasteiger partial charge in [0, 0.05) is 11.4 Å². The van der Waals surface area contributed by atoms with Crippen LogP contribution in [0.15, 0.2) is 78.9 Å². The monoisotopic (exact) mass is 390 g/mol. The van der Waals surface area contributed by atoms with E-state index in [0.29, 0.717) is 23.5 Å². The number of benzene rings is 3. The molecule has 3 aromatic carbocycles. The number of esters is 1. The molecule has 0 spiro atoms. The van der Waals surface area contributed by atoms with Crippen LogP contribution in [0.5, 0.6) is 5.75 Å². The normalized spacial score (nSPS) is 10.1. The molecule has 0 aromatic heterocycles. The van der Waals surface area contributed by atoms with Crippen molar-refractivity contribution in [2.24, 2.45) is 0 Å². The predicted octanol–water partition coefficient (Wildman–Crippen LogP) is 4.10. The van der Waals surface area contributed by atoms with Gasteiger partial charge in [-0.2, -0.15) is 0 Å². The summed E-state index contributed by atoms with van der Waals surface area (Å²) in [5, 5.41) is 5.76. The first-order chi connectivity index (χ1) is 14.2. The van der Waals surface area contributed by atoms with Crippen molar-refractivity contribution in [3.05, 3.63) is 90.0 Å². The van der Waals surface area contributed by atoms with Gasteiger partial charge in [-0.1, -0.05) is 42.5 Å². The lowest BCUT2D eigenvalue weighted by atomic mass is 10.2. The van der Waals surface area contributed by atoms with Gasteiger partial charge in [-0.05, 0) is 42.0 Å². The molecule has 2 N–H and O–H groups in total. The van der Waals surface area contributed by atoms with Gasteiger partial charge in [0.2, 0.25) is 5.91 Å². The van der Waals surface area contributed by atoms with Crippen LogP contribution in [0.4, 0.5) is 11.4 Å². The summed E-state index contributed by atoms with van der Waals surface area (Å²) in [7, 11) is 1.32. The van der Waals surface area contributed by atoms with E-state index >= 15 is 0 Å². The lowest BCUT2D eigenvalue weighted by Crippen LogP contribution is -2.22. The van der Waals surface area contributed by atoms with Gasteiger partial charge in [0.05, 0.1) is 19.2 Å². The molecule has 6 nitrogen and oxygen atoms in total. The number of nitrogens with one attached hydrogen (secondary N) is 2. The molecule has 0 aliphatic carbocycles. The van der Waals surface area contributed by atoms with Gasteiger partial charge in [-0.25, -0.2) is 4.79 Å². The summed E-state index contributed by atoms with van der Waals surface area (Å²) < 4.78 is 10.5. The van der Waals surface area contributed by atoms with E-state index in [1.165, 1.54) is 7.11 Å². The van der Waals surface area contributed by atoms with E-state index in [9.17, 15) is 9.59 Å². The molecular weight excluding hydrogens is 368 g/mol. The number of ether oxygens (including phenoxy) is 2. The fourth-order valence-electron chi connectivity index (χ4n) is 2.68. The summed E-state index contributed by atoms with van der Waals surface area (Å²) in [4.78, 5) is 24.0. The number of para-hydroxylation sites is 1. The van der Waals surface area contributed by atoms with Crippen LogP contribution in [0.2, 0.25) is 0 Å². The first-order valence-corrected chi connectivity index (χ1v) is 9.13. The summed E-state index contributed by atoms with van der Waals surface area (Å²) in [6, 6.07) is 23.9. The second-order valence-corrected chi connectivity index (χ2v) is 6.24. The van der Waals surface area contributed by atoms with E-state index in [1.54, 1.807) is 48.5 Å². The number of hydrogen-bond donors (Lipinski definition) is 2. The topological polar surface area (TPSA) is 76.7 Å². The van der Waals surface area contributed by atoms with E-state index in [2.05, 4.69) is 10.6 Å². The van der Waals surface area contributed by atoms with Crippen molar-refractivity contribution in [3.63, 3.8) is 0 Å². The summed E-state index contributed by atoms with van der Waals surface area (Å²) in [6.07, 6.45) is 0. The van der Waals surface area contributed by atoms with Crippen LogP contribution in [0, 0.1) is 0 Å². The second kappa shape index (κ2) is 9.94. The lowest BCUT2D eigenvalue weighted by Gasteiger charge is -2.11. The molecule has 1 amide bonds. The summed E-state index contributed by atoms with van der Waals surface area (Å²) in [5.74, 6) is 0.0270. The molecule has 0 saturated carbocycles.